The maximum Gasteiger partial charge on any atom is 0.136 e. The third-order valence-corrected chi connectivity index (χ3v) is 2.76. The molecule has 0 aromatic heterocycles. The molecule has 2 nitrogen and oxygen atoms in total. The van der Waals surface area contributed by atoms with E-state index in [-0.39, 0.29) is 27.4 Å². The van der Waals surface area contributed by atoms with Gasteiger partial charge in [-0.2, -0.15) is 0 Å². The van der Waals surface area contributed by atoms with Crippen molar-refractivity contribution in [3.8, 4) is 5.75 Å². The summed E-state index contributed by atoms with van der Waals surface area (Å²) in [6, 6.07) is 1.27. The van der Waals surface area contributed by atoms with E-state index in [1.807, 2.05) is 0 Å². The average Bonchev–Trinajstić information content (AvgIpc) is 2.08. The Morgan fingerprint density at radius 1 is 1.08 bits per heavy atom. The smallest absolute Gasteiger partial charge is 0.136 e. The Labute approximate surface area is 84.3 Å². The summed E-state index contributed by atoms with van der Waals surface area (Å²) in [5.74, 6) is -0.185. The lowest BCUT2D eigenvalue weighted by Gasteiger charge is -2.05. The summed E-state index contributed by atoms with van der Waals surface area (Å²) in [4.78, 5) is 0. The molecule has 0 amide bonds. The fourth-order valence-electron chi connectivity index (χ4n) is 0.757. The van der Waals surface area contributed by atoms with Crippen molar-refractivity contribution in [1.29, 1.82) is 0 Å². The zero-order valence-electron chi connectivity index (χ0n) is 5.81. The van der Waals surface area contributed by atoms with Gasteiger partial charge in [0.25, 0.3) is 0 Å². The minimum absolute atomic E-state index is 0.00105. The summed E-state index contributed by atoms with van der Waals surface area (Å²) >= 11 is 16.9. The number of aromatic hydroxyl groups is 1. The monoisotopic (exact) mass is 226 g/mol. The molecule has 0 saturated heterocycles. The van der Waals surface area contributed by atoms with Gasteiger partial charge in [0.05, 0.1) is 16.7 Å². The molecule has 0 radical (unpaired) electrons. The molecule has 2 N–H and O–H groups in total. The maximum absolute atomic E-state index is 9.15. The Balaban J connectivity index is 3.39. The average molecular weight is 227 g/mol. The lowest BCUT2D eigenvalue weighted by atomic mass is 10.2. The summed E-state index contributed by atoms with van der Waals surface area (Å²) in [5, 5.41) is 18.1. The van der Waals surface area contributed by atoms with Crippen LogP contribution in [0.4, 0.5) is 0 Å². The zero-order chi connectivity index (χ0) is 9.30. The van der Waals surface area contributed by atoms with Crippen LogP contribution in [0.2, 0.25) is 15.1 Å². The Hall–Kier alpha value is -0.150. The second kappa shape index (κ2) is 3.71. The molecule has 1 rings (SSSR count). The van der Waals surface area contributed by atoms with Crippen molar-refractivity contribution >= 4 is 34.8 Å². The molecule has 0 spiro atoms. The first-order chi connectivity index (χ1) is 5.57. The Bertz CT molecular complexity index is 312. The molecule has 0 heterocycles. The lowest BCUT2D eigenvalue weighted by Crippen LogP contribution is -1.86. The summed E-state index contributed by atoms with van der Waals surface area (Å²) in [5.41, 5.74) is 0.351. The Morgan fingerprint density at radius 3 is 2.17 bits per heavy atom. The van der Waals surface area contributed by atoms with E-state index in [1.165, 1.54) is 6.07 Å². The third-order valence-electron chi connectivity index (χ3n) is 1.37. The van der Waals surface area contributed by atoms with Gasteiger partial charge in [-0.3, -0.25) is 0 Å². The van der Waals surface area contributed by atoms with E-state index in [0.29, 0.717) is 5.56 Å². The van der Waals surface area contributed by atoms with Gasteiger partial charge in [0.1, 0.15) is 10.8 Å². The quantitative estimate of drug-likeness (QED) is 0.724. The van der Waals surface area contributed by atoms with Crippen molar-refractivity contribution in [2.24, 2.45) is 0 Å². The van der Waals surface area contributed by atoms with Crippen molar-refractivity contribution in [2.75, 3.05) is 0 Å². The van der Waals surface area contributed by atoms with Crippen LogP contribution in [0.5, 0.6) is 5.75 Å². The molecule has 0 unspecified atom stereocenters. The Kier molecular flexibility index (Phi) is 3.07. The molecule has 0 saturated carbocycles. The van der Waals surface area contributed by atoms with Gasteiger partial charge in [0, 0.05) is 5.56 Å². The van der Waals surface area contributed by atoms with Crippen LogP contribution < -0.4 is 0 Å². The topological polar surface area (TPSA) is 40.5 Å². The molecule has 0 aliphatic heterocycles. The van der Waals surface area contributed by atoms with E-state index in [4.69, 9.17) is 45.0 Å². The minimum Gasteiger partial charge on any atom is -0.506 e. The molecule has 0 bridgehead atoms. The number of phenols is 1. The van der Waals surface area contributed by atoms with Crippen LogP contribution in [0.15, 0.2) is 6.07 Å². The van der Waals surface area contributed by atoms with Crippen molar-refractivity contribution < 1.29 is 10.2 Å². The van der Waals surface area contributed by atoms with Crippen molar-refractivity contribution in [1.82, 2.24) is 0 Å². The highest BCUT2D eigenvalue weighted by molar-refractivity contribution is 6.48. The Morgan fingerprint density at radius 2 is 1.67 bits per heavy atom. The van der Waals surface area contributed by atoms with Crippen LogP contribution in [-0.2, 0) is 6.61 Å². The normalized spacial score (nSPS) is 10.3. The molecule has 5 heteroatoms. The van der Waals surface area contributed by atoms with Crippen molar-refractivity contribution in [3.63, 3.8) is 0 Å². The van der Waals surface area contributed by atoms with Crippen molar-refractivity contribution in [2.45, 2.75) is 6.61 Å². The predicted molar refractivity (Wildman–Crippen MR) is 49.1 cm³/mol. The first kappa shape index (κ1) is 9.93. The maximum atomic E-state index is 9.15. The number of rotatable bonds is 1. The van der Waals surface area contributed by atoms with E-state index in [1.54, 1.807) is 0 Å². The fraction of sp³-hybridized carbons (Fsp3) is 0.143. The number of benzene rings is 1. The van der Waals surface area contributed by atoms with Gasteiger partial charge in [-0.1, -0.05) is 34.8 Å². The number of aliphatic hydroxyl groups is 1. The number of hydrogen-bond acceptors (Lipinski definition) is 2. The molecule has 1 aromatic carbocycles. The molecule has 0 aliphatic rings. The third kappa shape index (κ3) is 1.62. The number of aliphatic hydroxyl groups excluding tert-OH is 1. The highest BCUT2D eigenvalue weighted by Gasteiger charge is 2.12. The minimum atomic E-state index is -0.288. The molecule has 1 aromatic rings. The molecule has 0 aliphatic carbocycles. The number of phenolic OH excluding ortho intramolecular Hbond substituents is 1. The van der Waals surface area contributed by atoms with Gasteiger partial charge in [-0.25, -0.2) is 0 Å². The van der Waals surface area contributed by atoms with Crippen LogP contribution in [0.25, 0.3) is 0 Å². The summed E-state index contributed by atoms with van der Waals surface area (Å²) < 4.78 is 0. The summed E-state index contributed by atoms with van der Waals surface area (Å²) in [6.07, 6.45) is 0. The van der Waals surface area contributed by atoms with Gasteiger partial charge >= 0.3 is 0 Å². The standard InChI is InChI=1S/C7H5Cl3O2/c8-5-3(2-11)1-4(12)6(9)7(5)10/h1,11-12H,2H2. The SMILES string of the molecule is OCc1cc(O)c(Cl)c(Cl)c1Cl. The van der Waals surface area contributed by atoms with E-state index in [0.717, 1.165) is 0 Å². The van der Waals surface area contributed by atoms with Crippen LogP contribution in [0, 0.1) is 0 Å². The summed E-state index contributed by atoms with van der Waals surface area (Å²) in [6.45, 7) is -0.288. The molecule has 0 atom stereocenters. The van der Waals surface area contributed by atoms with Crippen LogP contribution in [0.3, 0.4) is 0 Å². The largest absolute Gasteiger partial charge is 0.506 e. The van der Waals surface area contributed by atoms with Crippen LogP contribution in [0.1, 0.15) is 5.56 Å². The second-order valence-electron chi connectivity index (χ2n) is 2.15. The van der Waals surface area contributed by atoms with Gasteiger partial charge in [-0.15, -0.1) is 0 Å². The van der Waals surface area contributed by atoms with E-state index < -0.39 is 0 Å². The van der Waals surface area contributed by atoms with Gasteiger partial charge < -0.3 is 10.2 Å². The first-order valence-corrected chi connectivity index (χ1v) is 4.17. The van der Waals surface area contributed by atoms with E-state index >= 15 is 0 Å². The van der Waals surface area contributed by atoms with Crippen molar-refractivity contribution in [3.05, 3.63) is 26.7 Å². The molecular weight excluding hydrogens is 222 g/mol. The highest BCUT2D eigenvalue weighted by Crippen LogP contribution is 2.38. The number of hydrogen-bond donors (Lipinski definition) is 2. The predicted octanol–water partition coefficient (Wildman–Crippen LogP) is 2.84. The van der Waals surface area contributed by atoms with Gasteiger partial charge in [0.15, 0.2) is 0 Å². The first-order valence-electron chi connectivity index (χ1n) is 3.04. The molecule has 66 valence electrons. The highest BCUT2D eigenvalue weighted by atomic mass is 35.5. The molecule has 0 fully saturated rings. The summed E-state index contributed by atoms with van der Waals surface area (Å²) in [7, 11) is 0. The van der Waals surface area contributed by atoms with Gasteiger partial charge in [0.2, 0.25) is 0 Å². The van der Waals surface area contributed by atoms with Gasteiger partial charge in [-0.05, 0) is 6.07 Å². The van der Waals surface area contributed by atoms with E-state index in [9.17, 15) is 0 Å². The zero-order valence-corrected chi connectivity index (χ0v) is 8.08. The second-order valence-corrected chi connectivity index (χ2v) is 3.29. The molecule has 12 heavy (non-hydrogen) atoms. The fourth-order valence-corrected chi connectivity index (χ4v) is 1.38. The van der Waals surface area contributed by atoms with E-state index in [2.05, 4.69) is 0 Å². The van der Waals surface area contributed by atoms with Crippen LogP contribution in [-0.4, -0.2) is 10.2 Å². The van der Waals surface area contributed by atoms with Crippen LogP contribution >= 0.6 is 34.8 Å². The number of halogens is 3. The lowest BCUT2D eigenvalue weighted by molar-refractivity contribution is 0.281. The molecular formula is C7H5Cl3O2.